The van der Waals surface area contributed by atoms with Gasteiger partial charge in [-0.15, -0.1) is 10.2 Å². The molecule has 1 atom stereocenters. The molecular formula is C15H19N3O3S2. The zero-order valence-electron chi connectivity index (χ0n) is 13.5. The van der Waals surface area contributed by atoms with E-state index >= 15 is 0 Å². The van der Waals surface area contributed by atoms with E-state index in [4.69, 9.17) is 9.47 Å². The van der Waals surface area contributed by atoms with Gasteiger partial charge in [-0.1, -0.05) is 23.1 Å². The molecule has 8 heteroatoms. The number of nitrogens with zero attached hydrogens (tertiary/aromatic N) is 2. The van der Waals surface area contributed by atoms with Crippen LogP contribution in [0.15, 0.2) is 22.5 Å². The van der Waals surface area contributed by atoms with E-state index in [1.807, 2.05) is 13.8 Å². The molecule has 0 fully saturated rings. The first kappa shape index (κ1) is 17.6. The maximum absolute atomic E-state index is 12.6. The molecular weight excluding hydrogens is 334 g/mol. The minimum absolute atomic E-state index is 0.0103. The van der Waals surface area contributed by atoms with Crippen molar-refractivity contribution in [3.8, 4) is 11.5 Å². The van der Waals surface area contributed by atoms with Crippen molar-refractivity contribution < 1.29 is 14.3 Å². The third kappa shape index (κ3) is 4.35. The van der Waals surface area contributed by atoms with Crippen molar-refractivity contribution in [2.45, 2.75) is 23.4 Å². The second kappa shape index (κ2) is 8.16. The lowest BCUT2D eigenvalue weighted by atomic mass is 10.1. The van der Waals surface area contributed by atoms with Crippen molar-refractivity contribution in [2.75, 3.05) is 26.1 Å². The Morgan fingerprint density at radius 1 is 1.30 bits per heavy atom. The molecule has 0 amide bonds. The van der Waals surface area contributed by atoms with Crippen LogP contribution in [0.25, 0.3) is 0 Å². The summed E-state index contributed by atoms with van der Waals surface area (Å²) in [6, 6.07) is 5.17. The van der Waals surface area contributed by atoms with E-state index in [0.29, 0.717) is 17.1 Å². The highest BCUT2D eigenvalue weighted by Crippen LogP contribution is 2.32. The number of Topliss-reactive ketones (excluding diaryl/α,β-unsaturated/α-hetero) is 1. The molecule has 1 aromatic carbocycles. The quantitative estimate of drug-likeness (QED) is 0.576. The maximum Gasteiger partial charge on any atom is 0.206 e. The highest BCUT2D eigenvalue weighted by atomic mass is 32.2. The zero-order chi connectivity index (χ0) is 16.8. The minimum atomic E-state index is -0.268. The Morgan fingerprint density at radius 2 is 2.04 bits per heavy atom. The Morgan fingerprint density at radius 3 is 2.70 bits per heavy atom. The molecule has 6 nitrogen and oxygen atoms in total. The first-order valence-corrected chi connectivity index (χ1v) is 8.79. The van der Waals surface area contributed by atoms with Crippen LogP contribution in [-0.4, -0.2) is 42.0 Å². The number of ether oxygens (including phenoxy) is 2. The summed E-state index contributed by atoms with van der Waals surface area (Å²) < 4.78 is 11.2. The van der Waals surface area contributed by atoms with Crippen molar-refractivity contribution in [1.29, 1.82) is 0 Å². The minimum Gasteiger partial charge on any atom is -0.493 e. The van der Waals surface area contributed by atoms with Crippen LogP contribution < -0.4 is 14.8 Å². The third-order valence-electron chi connectivity index (χ3n) is 3.05. The Hall–Kier alpha value is -1.80. The average Bonchev–Trinajstić information content (AvgIpc) is 3.00. The van der Waals surface area contributed by atoms with E-state index in [9.17, 15) is 4.79 Å². The van der Waals surface area contributed by atoms with E-state index in [2.05, 4.69) is 15.5 Å². The van der Waals surface area contributed by atoms with Gasteiger partial charge >= 0.3 is 0 Å². The van der Waals surface area contributed by atoms with E-state index in [1.165, 1.54) is 23.1 Å². The van der Waals surface area contributed by atoms with Gasteiger partial charge < -0.3 is 14.8 Å². The lowest BCUT2D eigenvalue weighted by Crippen LogP contribution is -2.13. The number of carbonyl (C=O) groups is 1. The van der Waals surface area contributed by atoms with E-state index in [-0.39, 0.29) is 11.0 Å². The van der Waals surface area contributed by atoms with Gasteiger partial charge in [-0.2, -0.15) is 0 Å². The van der Waals surface area contributed by atoms with Crippen LogP contribution in [0.2, 0.25) is 0 Å². The van der Waals surface area contributed by atoms with Gasteiger partial charge in [0, 0.05) is 12.1 Å². The van der Waals surface area contributed by atoms with Crippen LogP contribution in [0.5, 0.6) is 11.5 Å². The second-order valence-corrected chi connectivity index (χ2v) is 7.16. The molecule has 0 aliphatic rings. The highest BCUT2D eigenvalue weighted by molar-refractivity contribution is 8.02. The Labute approximate surface area is 143 Å². The van der Waals surface area contributed by atoms with Crippen LogP contribution in [0.1, 0.15) is 24.2 Å². The molecule has 1 N–H and O–H groups in total. The smallest absolute Gasteiger partial charge is 0.206 e. The first-order valence-electron chi connectivity index (χ1n) is 7.09. The fourth-order valence-electron chi connectivity index (χ4n) is 1.91. The van der Waals surface area contributed by atoms with Crippen LogP contribution in [-0.2, 0) is 0 Å². The Bertz CT molecular complexity index is 676. The molecule has 0 aliphatic carbocycles. The predicted octanol–water partition coefficient (Wildman–Crippen LogP) is 3.35. The molecule has 1 heterocycles. The molecule has 0 saturated heterocycles. The van der Waals surface area contributed by atoms with Gasteiger partial charge in [0.15, 0.2) is 21.6 Å². The van der Waals surface area contributed by atoms with E-state index in [0.717, 1.165) is 16.0 Å². The van der Waals surface area contributed by atoms with Crippen molar-refractivity contribution in [3.05, 3.63) is 23.8 Å². The number of carbonyl (C=O) groups excluding carboxylic acids is 1. The number of aromatic nitrogens is 2. The van der Waals surface area contributed by atoms with Gasteiger partial charge in [-0.25, -0.2) is 0 Å². The second-order valence-electron chi connectivity index (χ2n) is 4.60. The number of methoxy groups -OCH3 is 2. The number of hydrogen-bond donors (Lipinski definition) is 1. The fraction of sp³-hybridized carbons (Fsp3) is 0.400. The van der Waals surface area contributed by atoms with Gasteiger partial charge in [-0.05, 0) is 32.0 Å². The summed E-state index contributed by atoms with van der Waals surface area (Å²) in [6.07, 6.45) is 0. The van der Waals surface area contributed by atoms with Gasteiger partial charge in [0.25, 0.3) is 0 Å². The summed E-state index contributed by atoms with van der Waals surface area (Å²) >= 11 is 2.84. The van der Waals surface area contributed by atoms with Crippen LogP contribution in [0.3, 0.4) is 0 Å². The summed E-state index contributed by atoms with van der Waals surface area (Å²) in [5.74, 6) is 1.15. The lowest BCUT2D eigenvalue weighted by Gasteiger charge is -2.11. The SMILES string of the molecule is CCNc1nnc(S[C@H](C)C(=O)c2ccc(OC)c(OC)c2)s1. The number of hydrogen-bond acceptors (Lipinski definition) is 8. The number of thioether (sulfide) groups is 1. The molecule has 2 rings (SSSR count). The number of benzene rings is 1. The predicted molar refractivity (Wildman–Crippen MR) is 93.3 cm³/mol. The molecule has 0 unspecified atom stereocenters. The van der Waals surface area contributed by atoms with E-state index in [1.54, 1.807) is 32.4 Å². The van der Waals surface area contributed by atoms with Crippen LogP contribution >= 0.6 is 23.1 Å². The molecule has 1 aromatic heterocycles. The maximum atomic E-state index is 12.6. The van der Waals surface area contributed by atoms with Crippen molar-refractivity contribution in [2.24, 2.45) is 0 Å². The molecule has 23 heavy (non-hydrogen) atoms. The van der Waals surface area contributed by atoms with Gasteiger partial charge in [-0.3, -0.25) is 4.79 Å². The molecule has 0 aliphatic heterocycles. The number of rotatable bonds is 8. The van der Waals surface area contributed by atoms with Crippen molar-refractivity contribution in [1.82, 2.24) is 10.2 Å². The third-order valence-corrected chi connectivity index (χ3v) is 5.11. The molecule has 2 aromatic rings. The van der Waals surface area contributed by atoms with Gasteiger partial charge in [0.05, 0.1) is 19.5 Å². The van der Waals surface area contributed by atoms with Crippen molar-refractivity contribution in [3.63, 3.8) is 0 Å². The largest absolute Gasteiger partial charge is 0.493 e. The molecule has 0 saturated carbocycles. The monoisotopic (exact) mass is 353 g/mol. The standard InChI is InChI=1S/C15H19N3O3S2/c1-5-16-14-17-18-15(23-14)22-9(2)13(19)10-6-7-11(20-3)12(8-10)21-4/h6-9H,5H2,1-4H3,(H,16,17)/t9-/m1/s1. The number of nitrogens with one attached hydrogen (secondary N) is 1. The van der Waals surface area contributed by atoms with Crippen LogP contribution in [0, 0.1) is 0 Å². The van der Waals surface area contributed by atoms with E-state index < -0.39 is 0 Å². The average molecular weight is 353 g/mol. The Kier molecular flexibility index (Phi) is 6.23. The summed E-state index contributed by atoms with van der Waals surface area (Å²) in [5.41, 5.74) is 0.582. The number of anilines is 1. The zero-order valence-corrected chi connectivity index (χ0v) is 15.1. The summed E-state index contributed by atoms with van der Waals surface area (Å²) in [5, 5.41) is 11.7. The molecule has 0 radical (unpaired) electrons. The van der Waals surface area contributed by atoms with Crippen molar-refractivity contribution >= 4 is 34.0 Å². The van der Waals surface area contributed by atoms with Gasteiger partial charge in [0.2, 0.25) is 5.13 Å². The summed E-state index contributed by atoms with van der Waals surface area (Å²) in [6.45, 7) is 4.65. The molecule has 0 bridgehead atoms. The molecule has 124 valence electrons. The normalized spacial score (nSPS) is 11.8. The fourth-order valence-corrected chi connectivity index (χ4v) is 3.95. The summed E-state index contributed by atoms with van der Waals surface area (Å²) in [7, 11) is 3.11. The van der Waals surface area contributed by atoms with Crippen LogP contribution in [0.4, 0.5) is 5.13 Å². The topological polar surface area (TPSA) is 73.3 Å². The number of ketones is 1. The highest BCUT2D eigenvalue weighted by Gasteiger charge is 2.20. The first-order chi connectivity index (χ1) is 11.1. The lowest BCUT2D eigenvalue weighted by molar-refractivity contribution is 0.0993. The molecule has 0 spiro atoms. The van der Waals surface area contributed by atoms with Gasteiger partial charge in [0.1, 0.15) is 0 Å². The Balaban J connectivity index is 2.09. The summed E-state index contributed by atoms with van der Waals surface area (Å²) in [4.78, 5) is 12.6.